The molecule has 0 N–H and O–H groups in total. The first-order valence-electron chi connectivity index (χ1n) is 5.16. The van der Waals surface area contributed by atoms with Gasteiger partial charge in [0.2, 0.25) is 6.54 Å². The van der Waals surface area contributed by atoms with Crippen LogP contribution in [0.5, 0.6) is 0 Å². The van der Waals surface area contributed by atoms with Crippen molar-refractivity contribution >= 4 is 11.9 Å². The fraction of sp³-hybridized carbons (Fsp3) is 0.250. The molecule has 0 aromatic heterocycles. The lowest BCUT2D eigenvalue weighted by molar-refractivity contribution is -0.480. The van der Waals surface area contributed by atoms with Gasteiger partial charge in [-0.05, 0) is 23.8 Å². The second-order valence-corrected chi connectivity index (χ2v) is 3.51. The van der Waals surface area contributed by atoms with Gasteiger partial charge in [0.05, 0.1) is 0 Å². The molecule has 0 radical (unpaired) electrons. The van der Waals surface area contributed by atoms with Crippen LogP contribution in [0, 0.1) is 15.9 Å². The van der Waals surface area contributed by atoms with Gasteiger partial charge in [0.1, 0.15) is 5.82 Å². The second-order valence-electron chi connectivity index (χ2n) is 3.51. The maximum atomic E-state index is 12.6. The normalized spacial score (nSPS) is 10.6. The van der Waals surface area contributed by atoms with Crippen molar-refractivity contribution in [2.24, 2.45) is 0 Å². The topological polar surface area (TPSA) is 60.2 Å². The maximum absolute atomic E-state index is 12.6. The molecule has 0 saturated heterocycles. The van der Waals surface area contributed by atoms with E-state index >= 15 is 0 Å². The fourth-order valence-electron chi connectivity index (χ4n) is 1.23. The van der Waals surface area contributed by atoms with Gasteiger partial charge < -0.3 is 0 Å². The van der Waals surface area contributed by atoms with Gasteiger partial charge >= 0.3 is 0 Å². The van der Waals surface area contributed by atoms with E-state index in [9.17, 15) is 19.3 Å². The van der Waals surface area contributed by atoms with E-state index in [2.05, 4.69) is 0 Å². The number of nitro groups is 1. The summed E-state index contributed by atoms with van der Waals surface area (Å²) in [5, 5.41) is 10.0. The first kappa shape index (κ1) is 13.0. The minimum absolute atomic E-state index is 0.151. The van der Waals surface area contributed by atoms with Crippen LogP contribution in [0.2, 0.25) is 0 Å². The molecule has 0 atom stereocenters. The number of rotatable bonds is 6. The van der Waals surface area contributed by atoms with Crippen LogP contribution in [0.25, 0.3) is 6.08 Å². The number of carbonyl (C=O) groups excluding carboxylic acids is 1. The summed E-state index contributed by atoms with van der Waals surface area (Å²) in [7, 11) is 0. The molecule has 0 aliphatic rings. The van der Waals surface area contributed by atoms with E-state index in [0.29, 0.717) is 5.56 Å². The lowest BCUT2D eigenvalue weighted by Gasteiger charge is -1.94. The summed E-state index contributed by atoms with van der Waals surface area (Å²) < 4.78 is 12.6. The molecule has 0 saturated carbocycles. The standard InChI is InChI=1S/C12H12FNO3/c13-11-6-3-10(4-7-11)5-8-12(15)2-1-9-14(16)17/h3-8H,1-2,9H2. The van der Waals surface area contributed by atoms with Crippen molar-refractivity contribution < 1.29 is 14.1 Å². The average molecular weight is 237 g/mol. The van der Waals surface area contributed by atoms with E-state index in [1.54, 1.807) is 18.2 Å². The molecule has 1 aromatic rings. The minimum atomic E-state index is -0.447. The Hall–Kier alpha value is -2.04. The molecular formula is C12H12FNO3. The number of benzene rings is 1. The molecular weight excluding hydrogens is 225 g/mol. The van der Waals surface area contributed by atoms with Crippen LogP contribution in [0.1, 0.15) is 18.4 Å². The predicted octanol–water partition coefficient (Wildman–Crippen LogP) is 2.46. The zero-order chi connectivity index (χ0) is 12.7. The largest absolute Gasteiger partial charge is 0.295 e. The van der Waals surface area contributed by atoms with Gasteiger partial charge in [-0.3, -0.25) is 14.9 Å². The van der Waals surface area contributed by atoms with E-state index in [0.717, 1.165) is 0 Å². The number of nitrogens with zero attached hydrogens (tertiary/aromatic N) is 1. The van der Waals surface area contributed by atoms with E-state index in [1.165, 1.54) is 18.2 Å². The molecule has 0 fully saturated rings. The third kappa shape index (κ3) is 5.55. The molecule has 90 valence electrons. The Morgan fingerprint density at radius 2 is 2.00 bits per heavy atom. The molecule has 5 heteroatoms. The lowest BCUT2D eigenvalue weighted by atomic mass is 10.1. The predicted molar refractivity (Wildman–Crippen MR) is 61.5 cm³/mol. The van der Waals surface area contributed by atoms with Crippen molar-refractivity contribution in [3.8, 4) is 0 Å². The highest BCUT2D eigenvalue weighted by Gasteiger charge is 2.01. The molecule has 0 heterocycles. The molecule has 0 aliphatic carbocycles. The van der Waals surface area contributed by atoms with Crippen LogP contribution in [0.15, 0.2) is 30.3 Å². The third-order valence-corrected chi connectivity index (χ3v) is 2.10. The Kier molecular flexibility index (Phi) is 5.00. The number of allylic oxidation sites excluding steroid dienone is 1. The van der Waals surface area contributed by atoms with Crippen molar-refractivity contribution in [3.63, 3.8) is 0 Å². The molecule has 1 rings (SSSR count). The Bertz CT molecular complexity index is 426. The van der Waals surface area contributed by atoms with Crippen molar-refractivity contribution in [2.45, 2.75) is 12.8 Å². The van der Waals surface area contributed by atoms with Gasteiger partial charge in [-0.1, -0.05) is 18.2 Å². The summed E-state index contributed by atoms with van der Waals surface area (Å²) in [5.74, 6) is -0.504. The lowest BCUT2D eigenvalue weighted by Crippen LogP contribution is -2.03. The summed E-state index contributed by atoms with van der Waals surface area (Å²) in [6, 6.07) is 5.71. The van der Waals surface area contributed by atoms with Crippen LogP contribution in [0.4, 0.5) is 4.39 Å². The highest BCUT2D eigenvalue weighted by molar-refractivity contribution is 5.93. The average Bonchev–Trinajstić information content (AvgIpc) is 2.28. The van der Waals surface area contributed by atoms with E-state index in [1.807, 2.05) is 0 Å². The van der Waals surface area contributed by atoms with Gasteiger partial charge in [0.25, 0.3) is 0 Å². The van der Waals surface area contributed by atoms with Crippen molar-refractivity contribution in [3.05, 3.63) is 51.8 Å². The first-order valence-corrected chi connectivity index (χ1v) is 5.16. The summed E-state index contributed by atoms with van der Waals surface area (Å²) in [5.41, 5.74) is 0.717. The number of ketones is 1. The Morgan fingerprint density at radius 3 is 2.59 bits per heavy atom. The van der Waals surface area contributed by atoms with Crippen molar-refractivity contribution in [1.82, 2.24) is 0 Å². The monoisotopic (exact) mass is 237 g/mol. The molecule has 0 amide bonds. The van der Waals surface area contributed by atoms with E-state index in [-0.39, 0.29) is 31.0 Å². The minimum Gasteiger partial charge on any atom is -0.295 e. The zero-order valence-corrected chi connectivity index (χ0v) is 9.14. The van der Waals surface area contributed by atoms with E-state index in [4.69, 9.17) is 0 Å². The number of hydrogen-bond donors (Lipinski definition) is 0. The zero-order valence-electron chi connectivity index (χ0n) is 9.14. The summed E-state index contributed by atoms with van der Waals surface area (Å²) >= 11 is 0. The van der Waals surface area contributed by atoms with Crippen molar-refractivity contribution in [2.75, 3.05) is 6.54 Å². The second kappa shape index (κ2) is 6.52. The van der Waals surface area contributed by atoms with Crippen LogP contribution in [0.3, 0.4) is 0 Å². The molecule has 0 bridgehead atoms. The van der Waals surface area contributed by atoms with Gasteiger partial charge in [-0.2, -0.15) is 0 Å². The van der Waals surface area contributed by atoms with Gasteiger partial charge in [0, 0.05) is 17.8 Å². The smallest absolute Gasteiger partial charge is 0.204 e. The molecule has 0 aliphatic heterocycles. The van der Waals surface area contributed by atoms with Crippen molar-refractivity contribution in [1.29, 1.82) is 0 Å². The fourth-order valence-corrected chi connectivity index (χ4v) is 1.23. The summed E-state index contributed by atoms with van der Waals surface area (Å²) in [6.45, 7) is -0.198. The van der Waals surface area contributed by atoms with Crippen LogP contribution < -0.4 is 0 Å². The quantitative estimate of drug-likeness (QED) is 0.433. The van der Waals surface area contributed by atoms with Crippen LogP contribution in [-0.4, -0.2) is 17.3 Å². The third-order valence-electron chi connectivity index (χ3n) is 2.10. The summed E-state index contributed by atoms with van der Waals surface area (Å²) in [6.07, 6.45) is 3.30. The van der Waals surface area contributed by atoms with Crippen LogP contribution >= 0.6 is 0 Å². The van der Waals surface area contributed by atoms with Gasteiger partial charge in [-0.25, -0.2) is 4.39 Å². The molecule has 0 spiro atoms. The van der Waals surface area contributed by atoms with Gasteiger partial charge in [0.15, 0.2) is 5.78 Å². The van der Waals surface area contributed by atoms with Crippen LogP contribution in [-0.2, 0) is 4.79 Å². The first-order chi connectivity index (χ1) is 8.08. The molecule has 17 heavy (non-hydrogen) atoms. The van der Waals surface area contributed by atoms with E-state index < -0.39 is 4.92 Å². The molecule has 0 unspecified atom stereocenters. The Morgan fingerprint density at radius 1 is 1.35 bits per heavy atom. The number of carbonyl (C=O) groups is 1. The summed E-state index contributed by atoms with van der Waals surface area (Å²) in [4.78, 5) is 20.9. The SMILES string of the molecule is O=C(C=Cc1ccc(F)cc1)CCC[N+](=O)[O-]. The Labute approximate surface area is 97.9 Å². The molecule has 1 aromatic carbocycles. The highest BCUT2D eigenvalue weighted by Crippen LogP contribution is 2.05. The number of hydrogen-bond acceptors (Lipinski definition) is 3. The molecule has 4 nitrogen and oxygen atoms in total. The van der Waals surface area contributed by atoms with Gasteiger partial charge in [-0.15, -0.1) is 0 Å². The Balaban J connectivity index is 2.40. The highest BCUT2D eigenvalue weighted by atomic mass is 19.1. The number of halogens is 1. The maximum Gasteiger partial charge on any atom is 0.204 e.